The van der Waals surface area contributed by atoms with Gasteiger partial charge < -0.3 is 5.73 Å². The molecule has 1 atom stereocenters. The zero-order valence-electron chi connectivity index (χ0n) is 9.30. The van der Waals surface area contributed by atoms with E-state index in [1.165, 1.54) is 29.5 Å². The average Bonchev–Trinajstić information content (AvgIpc) is 2.45. The fraction of sp³-hybridized carbons (Fsp3) is 0.538. The minimum atomic E-state index is -0.0828. The van der Waals surface area contributed by atoms with E-state index in [1.807, 2.05) is 0 Å². The van der Waals surface area contributed by atoms with Crippen LogP contribution < -0.4 is 5.73 Å². The van der Waals surface area contributed by atoms with Gasteiger partial charge in [0.05, 0.1) is 0 Å². The van der Waals surface area contributed by atoms with Crippen LogP contribution in [0.3, 0.4) is 0 Å². The van der Waals surface area contributed by atoms with Gasteiger partial charge in [-0.05, 0) is 44.7 Å². The third kappa shape index (κ3) is 1.57. The highest BCUT2D eigenvalue weighted by molar-refractivity contribution is 5.39. The molecule has 2 rings (SSSR count). The molecule has 0 aromatic heterocycles. The molecule has 0 radical (unpaired) electrons. The Balaban J connectivity index is 2.41. The fourth-order valence-corrected chi connectivity index (χ4v) is 2.52. The van der Waals surface area contributed by atoms with E-state index >= 15 is 0 Å². The van der Waals surface area contributed by atoms with Crippen LogP contribution in [0, 0.1) is 6.92 Å². The molecule has 1 aliphatic rings. The van der Waals surface area contributed by atoms with Crippen molar-refractivity contribution in [2.45, 2.75) is 45.1 Å². The van der Waals surface area contributed by atoms with Crippen LogP contribution in [0.2, 0.25) is 0 Å². The first-order valence-corrected chi connectivity index (χ1v) is 5.37. The second kappa shape index (κ2) is 3.09. The van der Waals surface area contributed by atoms with Gasteiger partial charge in [-0.3, -0.25) is 0 Å². The second-order valence-electron chi connectivity index (χ2n) is 5.11. The molecule has 0 bridgehead atoms. The lowest BCUT2D eigenvalue weighted by Crippen LogP contribution is -2.38. The van der Waals surface area contributed by atoms with Gasteiger partial charge in [0, 0.05) is 11.5 Å². The quantitative estimate of drug-likeness (QED) is 0.722. The summed E-state index contributed by atoms with van der Waals surface area (Å²) in [6.45, 7) is 6.42. The first-order valence-electron chi connectivity index (χ1n) is 5.37. The number of hydrogen-bond donors (Lipinski definition) is 1. The van der Waals surface area contributed by atoms with Crippen molar-refractivity contribution in [1.29, 1.82) is 0 Å². The first kappa shape index (κ1) is 9.72. The van der Waals surface area contributed by atoms with Crippen molar-refractivity contribution in [2.75, 3.05) is 0 Å². The van der Waals surface area contributed by atoms with Crippen LogP contribution in [0.5, 0.6) is 0 Å². The molecule has 0 fully saturated rings. The monoisotopic (exact) mass is 189 g/mol. The van der Waals surface area contributed by atoms with Crippen LogP contribution in [-0.4, -0.2) is 5.54 Å². The summed E-state index contributed by atoms with van der Waals surface area (Å²) in [5.74, 6) is 0.540. The normalized spacial score (nSPS) is 21.0. The Hall–Kier alpha value is -0.820. The van der Waals surface area contributed by atoms with Gasteiger partial charge in [0.1, 0.15) is 0 Å². The second-order valence-corrected chi connectivity index (χ2v) is 5.11. The number of fused-ring (bicyclic) bond motifs is 1. The predicted molar refractivity (Wildman–Crippen MR) is 60.5 cm³/mol. The van der Waals surface area contributed by atoms with Gasteiger partial charge in [0.25, 0.3) is 0 Å². The molecule has 1 heteroatoms. The summed E-state index contributed by atoms with van der Waals surface area (Å²) in [6.07, 6.45) is 2.41. The fourth-order valence-electron chi connectivity index (χ4n) is 2.52. The van der Waals surface area contributed by atoms with Crippen molar-refractivity contribution in [1.82, 2.24) is 0 Å². The minimum Gasteiger partial charge on any atom is -0.325 e. The van der Waals surface area contributed by atoms with E-state index < -0.39 is 0 Å². The lowest BCUT2D eigenvalue weighted by Gasteiger charge is -2.27. The smallest absolute Gasteiger partial charge is 0.0166 e. The number of hydrogen-bond acceptors (Lipinski definition) is 1. The van der Waals surface area contributed by atoms with Gasteiger partial charge in [0.2, 0.25) is 0 Å². The highest BCUT2D eigenvalue weighted by Gasteiger charge is 2.32. The van der Waals surface area contributed by atoms with Gasteiger partial charge >= 0.3 is 0 Å². The van der Waals surface area contributed by atoms with E-state index in [0.717, 1.165) is 0 Å². The van der Waals surface area contributed by atoms with Gasteiger partial charge in [-0.2, -0.15) is 0 Å². The molecule has 76 valence electrons. The van der Waals surface area contributed by atoms with Gasteiger partial charge in [-0.15, -0.1) is 0 Å². The largest absolute Gasteiger partial charge is 0.325 e. The Kier molecular flexibility index (Phi) is 2.15. The topological polar surface area (TPSA) is 26.0 Å². The highest BCUT2D eigenvalue weighted by Crippen LogP contribution is 2.39. The third-order valence-corrected chi connectivity index (χ3v) is 3.27. The van der Waals surface area contributed by atoms with Gasteiger partial charge in [-0.25, -0.2) is 0 Å². The zero-order valence-corrected chi connectivity index (χ0v) is 9.30. The highest BCUT2D eigenvalue weighted by atomic mass is 14.7. The number of nitrogens with two attached hydrogens (primary N) is 1. The van der Waals surface area contributed by atoms with Crippen molar-refractivity contribution in [3.63, 3.8) is 0 Å². The average molecular weight is 189 g/mol. The van der Waals surface area contributed by atoms with Gasteiger partial charge in [0.15, 0.2) is 0 Å². The zero-order chi connectivity index (χ0) is 10.3. The van der Waals surface area contributed by atoms with E-state index in [1.54, 1.807) is 0 Å². The van der Waals surface area contributed by atoms with E-state index in [0.29, 0.717) is 5.92 Å². The summed E-state index contributed by atoms with van der Waals surface area (Å²) in [4.78, 5) is 0. The van der Waals surface area contributed by atoms with Gasteiger partial charge in [-0.1, -0.05) is 23.8 Å². The van der Waals surface area contributed by atoms with Crippen molar-refractivity contribution in [3.05, 3.63) is 34.9 Å². The van der Waals surface area contributed by atoms with E-state index in [2.05, 4.69) is 39.0 Å². The standard InChI is InChI=1S/C13H19N/c1-9-4-6-11-10(8-9)5-7-12(11)13(2,3)14/h4,6,8,12H,5,7,14H2,1-3H3. The lowest BCUT2D eigenvalue weighted by atomic mass is 9.84. The number of aryl methyl sites for hydroxylation is 2. The molecule has 0 aliphatic heterocycles. The summed E-state index contributed by atoms with van der Waals surface area (Å²) in [5.41, 5.74) is 10.5. The molecular weight excluding hydrogens is 170 g/mol. The summed E-state index contributed by atoms with van der Waals surface area (Å²) in [7, 11) is 0. The Labute approximate surface area is 86.3 Å². The van der Waals surface area contributed by atoms with Crippen molar-refractivity contribution in [3.8, 4) is 0 Å². The molecule has 0 saturated heterocycles. The number of rotatable bonds is 1. The molecule has 1 aromatic carbocycles. The van der Waals surface area contributed by atoms with Crippen molar-refractivity contribution >= 4 is 0 Å². The van der Waals surface area contributed by atoms with Crippen LogP contribution in [0.25, 0.3) is 0 Å². The molecule has 14 heavy (non-hydrogen) atoms. The Morgan fingerprint density at radius 3 is 2.71 bits per heavy atom. The van der Waals surface area contributed by atoms with Crippen LogP contribution in [0.4, 0.5) is 0 Å². The Morgan fingerprint density at radius 2 is 2.07 bits per heavy atom. The Bertz CT molecular complexity index is 347. The molecule has 0 heterocycles. The van der Waals surface area contributed by atoms with Crippen molar-refractivity contribution < 1.29 is 0 Å². The number of benzene rings is 1. The van der Waals surface area contributed by atoms with E-state index in [4.69, 9.17) is 5.73 Å². The SMILES string of the molecule is Cc1ccc2c(c1)CCC2C(C)(C)N. The van der Waals surface area contributed by atoms with Crippen LogP contribution in [-0.2, 0) is 6.42 Å². The van der Waals surface area contributed by atoms with Crippen LogP contribution in [0.1, 0.15) is 42.9 Å². The van der Waals surface area contributed by atoms with Crippen LogP contribution in [0.15, 0.2) is 18.2 Å². The summed E-state index contributed by atoms with van der Waals surface area (Å²) in [5, 5.41) is 0. The maximum atomic E-state index is 6.19. The van der Waals surface area contributed by atoms with E-state index in [9.17, 15) is 0 Å². The molecule has 1 nitrogen and oxygen atoms in total. The molecule has 0 amide bonds. The molecule has 1 aliphatic carbocycles. The van der Waals surface area contributed by atoms with E-state index in [-0.39, 0.29) is 5.54 Å². The molecular formula is C13H19N. The molecule has 0 saturated carbocycles. The Morgan fingerprint density at radius 1 is 1.36 bits per heavy atom. The minimum absolute atomic E-state index is 0.0828. The van der Waals surface area contributed by atoms with Crippen molar-refractivity contribution in [2.24, 2.45) is 5.73 Å². The molecule has 1 aromatic rings. The summed E-state index contributed by atoms with van der Waals surface area (Å²) >= 11 is 0. The maximum Gasteiger partial charge on any atom is 0.0166 e. The predicted octanol–water partition coefficient (Wildman–Crippen LogP) is 2.76. The first-order chi connectivity index (χ1) is 6.48. The molecule has 0 spiro atoms. The summed E-state index contributed by atoms with van der Waals surface area (Å²) in [6, 6.07) is 6.76. The molecule has 2 N–H and O–H groups in total. The lowest BCUT2D eigenvalue weighted by molar-refractivity contribution is 0.409. The summed E-state index contributed by atoms with van der Waals surface area (Å²) < 4.78 is 0. The van der Waals surface area contributed by atoms with Crippen LogP contribution >= 0.6 is 0 Å². The third-order valence-electron chi connectivity index (χ3n) is 3.27. The molecule has 1 unspecified atom stereocenters. The maximum absolute atomic E-state index is 6.19.